The van der Waals surface area contributed by atoms with E-state index in [0.29, 0.717) is 5.75 Å². The number of esters is 1. The normalized spacial score (nSPS) is 10.5. The van der Waals surface area contributed by atoms with Crippen LogP contribution in [0.4, 0.5) is 0 Å². The lowest BCUT2D eigenvalue weighted by atomic mass is 10.2. The van der Waals surface area contributed by atoms with E-state index >= 15 is 0 Å². The second-order valence-electron chi connectivity index (χ2n) is 3.80. The first-order valence-electron chi connectivity index (χ1n) is 5.61. The number of hydrogen-bond acceptors (Lipinski definition) is 3. The van der Waals surface area contributed by atoms with Crippen LogP contribution in [0.25, 0.3) is 6.08 Å². The first-order chi connectivity index (χ1) is 8.74. The molecule has 1 aromatic heterocycles. The molecule has 3 heteroatoms. The van der Waals surface area contributed by atoms with Gasteiger partial charge in [0.05, 0.1) is 6.20 Å². The molecule has 0 amide bonds. The summed E-state index contributed by atoms with van der Waals surface area (Å²) in [5.41, 5.74) is 1.84. The third-order valence-electron chi connectivity index (χ3n) is 2.31. The van der Waals surface area contributed by atoms with E-state index in [1.807, 2.05) is 37.3 Å². The molecule has 0 saturated carbocycles. The summed E-state index contributed by atoms with van der Waals surface area (Å²) in [6.45, 7) is 1.88. The molecule has 3 nitrogen and oxygen atoms in total. The largest absolute Gasteiger partial charge is 0.422 e. The fourth-order valence-electron chi connectivity index (χ4n) is 1.39. The Bertz CT molecular complexity index is 544. The third kappa shape index (κ3) is 3.56. The van der Waals surface area contributed by atoms with Crippen molar-refractivity contribution in [1.82, 2.24) is 4.98 Å². The number of hydrogen-bond donors (Lipinski definition) is 0. The Morgan fingerprint density at radius 1 is 1.17 bits per heavy atom. The standard InChI is InChI=1S/C15H13NO2/c1-12-7-9-14(11-16-12)18-15(17)10-8-13-5-3-2-4-6-13/h2-11H,1H3/b10-8+. The molecule has 0 saturated heterocycles. The van der Waals surface area contributed by atoms with Crippen molar-refractivity contribution in [1.29, 1.82) is 0 Å². The smallest absolute Gasteiger partial charge is 0.336 e. The van der Waals surface area contributed by atoms with Gasteiger partial charge in [0.15, 0.2) is 0 Å². The van der Waals surface area contributed by atoms with Crippen LogP contribution in [0.2, 0.25) is 0 Å². The topological polar surface area (TPSA) is 39.2 Å². The Hall–Kier alpha value is -2.42. The summed E-state index contributed by atoms with van der Waals surface area (Å²) in [4.78, 5) is 15.6. The first kappa shape index (κ1) is 12.0. The molecule has 0 aliphatic carbocycles. The van der Waals surface area contributed by atoms with Crippen LogP contribution in [0.15, 0.2) is 54.7 Å². The SMILES string of the molecule is Cc1ccc(OC(=O)/C=C/c2ccccc2)cn1. The highest BCUT2D eigenvalue weighted by molar-refractivity contribution is 5.88. The second-order valence-corrected chi connectivity index (χ2v) is 3.80. The summed E-state index contributed by atoms with van der Waals surface area (Å²) in [7, 11) is 0. The van der Waals surface area contributed by atoms with E-state index in [-0.39, 0.29) is 0 Å². The van der Waals surface area contributed by atoms with E-state index in [1.54, 1.807) is 18.2 Å². The molecule has 90 valence electrons. The lowest BCUT2D eigenvalue weighted by Gasteiger charge is -2.00. The highest BCUT2D eigenvalue weighted by Crippen LogP contribution is 2.09. The number of ether oxygens (including phenoxy) is 1. The summed E-state index contributed by atoms with van der Waals surface area (Å²) >= 11 is 0. The zero-order chi connectivity index (χ0) is 12.8. The van der Waals surface area contributed by atoms with Crippen molar-refractivity contribution < 1.29 is 9.53 Å². The summed E-state index contributed by atoms with van der Waals surface area (Å²) in [5, 5.41) is 0. The van der Waals surface area contributed by atoms with Crippen LogP contribution in [0, 0.1) is 6.92 Å². The Labute approximate surface area is 106 Å². The van der Waals surface area contributed by atoms with Gasteiger partial charge < -0.3 is 4.74 Å². The maximum atomic E-state index is 11.5. The molecule has 1 heterocycles. The monoisotopic (exact) mass is 239 g/mol. The maximum absolute atomic E-state index is 11.5. The number of benzene rings is 1. The van der Waals surface area contributed by atoms with E-state index in [1.165, 1.54) is 12.3 Å². The number of carbonyl (C=O) groups excluding carboxylic acids is 1. The van der Waals surface area contributed by atoms with Crippen molar-refractivity contribution in [2.24, 2.45) is 0 Å². The quantitative estimate of drug-likeness (QED) is 0.610. The molecular formula is C15H13NO2. The van der Waals surface area contributed by atoms with Crippen molar-refractivity contribution >= 4 is 12.0 Å². The maximum Gasteiger partial charge on any atom is 0.336 e. The predicted molar refractivity (Wildman–Crippen MR) is 70.1 cm³/mol. The Morgan fingerprint density at radius 2 is 1.94 bits per heavy atom. The first-order valence-corrected chi connectivity index (χ1v) is 5.61. The molecular weight excluding hydrogens is 226 g/mol. The van der Waals surface area contributed by atoms with E-state index in [2.05, 4.69) is 4.98 Å². The number of carbonyl (C=O) groups is 1. The number of rotatable bonds is 3. The van der Waals surface area contributed by atoms with Gasteiger partial charge in [-0.3, -0.25) is 4.98 Å². The minimum atomic E-state index is -0.412. The van der Waals surface area contributed by atoms with Crippen molar-refractivity contribution in [3.8, 4) is 5.75 Å². The summed E-state index contributed by atoms with van der Waals surface area (Å²) in [6.07, 6.45) is 4.64. The van der Waals surface area contributed by atoms with Crippen LogP contribution in [0.3, 0.4) is 0 Å². The van der Waals surface area contributed by atoms with Crippen molar-refractivity contribution in [3.05, 3.63) is 66.0 Å². The lowest BCUT2D eigenvalue weighted by molar-refractivity contribution is -0.128. The van der Waals surface area contributed by atoms with Gasteiger partial charge in [-0.1, -0.05) is 30.3 Å². The molecule has 0 unspecified atom stereocenters. The van der Waals surface area contributed by atoms with Crippen molar-refractivity contribution in [3.63, 3.8) is 0 Å². The molecule has 0 spiro atoms. The average Bonchev–Trinajstić information content (AvgIpc) is 2.40. The lowest BCUT2D eigenvalue weighted by Crippen LogP contribution is -2.03. The number of pyridine rings is 1. The van der Waals surface area contributed by atoms with Gasteiger partial charge >= 0.3 is 5.97 Å². The van der Waals surface area contributed by atoms with Gasteiger partial charge in [0.25, 0.3) is 0 Å². The van der Waals surface area contributed by atoms with Gasteiger partial charge in [0.1, 0.15) is 5.75 Å². The summed E-state index contributed by atoms with van der Waals surface area (Å²) in [6, 6.07) is 13.1. The Kier molecular flexibility index (Phi) is 3.86. The molecule has 0 aliphatic heterocycles. The van der Waals surface area contributed by atoms with Crippen molar-refractivity contribution in [2.75, 3.05) is 0 Å². The molecule has 2 rings (SSSR count). The molecule has 1 aromatic carbocycles. The van der Waals surface area contributed by atoms with Crippen molar-refractivity contribution in [2.45, 2.75) is 6.92 Å². The highest BCUT2D eigenvalue weighted by atomic mass is 16.5. The van der Waals surface area contributed by atoms with E-state index in [0.717, 1.165) is 11.3 Å². The molecule has 0 atom stereocenters. The van der Waals surface area contributed by atoms with Gasteiger partial charge in [-0.2, -0.15) is 0 Å². The summed E-state index contributed by atoms with van der Waals surface area (Å²) < 4.78 is 5.10. The van der Waals surface area contributed by atoms with E-state index < -0.39 is 5.97 Å². The predicted octanol–water partition coefficient (Wildman–Crippen LogP) is 3.01. The fraction of sp³-hybridized carbons (Fsp3) is 0.0667. The van der Waals surface area contributed by atoms with Gasteiger partial charge in [-0.05, 0) is 30.7 Å². The fourth-order valence-corrected chi connectivity index (χ4v) is 1.39. The van der Waals surface area contributed by atoms with Gasteiger partial charge in [-0.15, -0.1) is 0 Å². The summed E-state index contributed by atoms with van der Waals surface area (Å²) in [5.74, 6) is 0.0350. The minimum absolute atomic E-state index is 0.412. The zero-order valence-corrected chi connectivity index (χ0v) is 10.0. The zero-order valence-electron chi connectivity index (χ0n) is 10.0. The Morgan fingerprint density at radius 3 is 2.61 bits per heavy atom. The molecule has 0 N–H and O–H groups in total. The number of aryl methyl sites for hydroxylation is 1. The average molecular weight is 239 g/mol. The molecule has 0 radical (unpaired) electrons. The van der Waals surface area contributed by atoms with Gasteiger partial charge in [0.2, 0.25) is 0 Å². The molecule has 18 heavy (non-hydrogen) atoms. The van der Waals surface area contributed by atoms with Gasteiger partial charge in [-0.25, -0.2) is 4.79 Å². The number of nitrogens with zero attached hydrogens (tertiary/aromatic N) is 1. The van der Waals surface area contributed by atoms with Crippen LogP contribution in [-0.2, 0) is 4.79 Å². The highest BCUT2D eigenvalue weighted by Gasteiger charge is 2.00. The minimum Gasteiger partial charge on any atom is -0.422 e. The van der Waals surface area contributed by atoms with Gasteiger partial charge in [0, 0.05) is 11.8 Å². The molecule has 0 bridgehead atoms. The van der Waals surface area contributed by atoms with Crippen LogP contribution < -0.4 is 4.74 Å². The second kappa shape index (κ2) is 5.77. The van der Waals surface area contributed by atoms with E-state index in [4.69, 9.17) is 4.74 Å². The van der Waals surface area contributed by atoms with Crippen LogP contribution >= 0.6 is 0 Å². The van der Waals surface area contributed by atoms with E-state index in [9.17, 15) is 4.79 Å². The molecule has 0 fully saturated rings. The van der Waals surface area contributed by atoms with Crippen LogP contribution in [0.5, 0.6) is 5.75 Å². The van der Waals surface area contributed by atoms with Crippen LogP contribution in [0.1, 0.15) is 11.3 Å². The van der Waals surface area contributed by atoms with Crippen LogP contribution in [-0.4, -0.2) is 11.0 Å². The molecule has 2 aromatic rings. The number of aromatic nitrogens is 1. The third-order valence-corrected chi connectivity index (χ3v) is 2.31. The Balaban J connectivity index is 1.97. The molecule has 0 aliphatic rings.